The molecule has 2 aliphatic heterocycles. The van der Waals surface area contributed by atoms with Gasteiger partial charge in [-0.25, -0.2) is 0 Å². The average Bonchev–Trinajstić information content (AvgIpc) is 2.85. The van der Waals surface area contributed by atoms with Crippen LogP contribution in [-0.4, -0.2) is 29.1 Å². The van der Waals surface area contributed by atoms with Gasteiger partial charge in [-0.1, -0.05) is 6.42 Å². The molecule has 0 aromatic rings. The monoisotopic (exact) mass is 180 g/mol. The van der Waals surface area contributed by atoms with Crippen LogP contribution in [0.15, 0.2) is 0 Å². The Hall–Kier alpha value is -0.0800. The predicted molar refractivity (Wildman–Crippen MR) is 53.5 cm³/mol. The van der Waals surface area contributed by atoms with E-state index in [1.54, 1.807) is 0 Å². The van der Waals surface area contributed by atoms with Gasteiger partial charge in [-0.05, 0) is 38.5 Å². The zero-order valence-corrected chi connectivity index (χ0v) is 8.28. The van der Waals surface area contributed by atoms with Crippen molar-refractivity contribution >= 4 is 0 Å². The molecule has 1 aliphatic carbocycles. The van der Waals surface area contributed by atoms with Crippen molar-refractivity contribution in [3.05, 3.63) is 0 Å². The highest BCUT2D eigenvalue weighted by atomic mass is 15.3. The topological polar surface area (TPSA) is 29.3 Å². The first kappa shape index (κ1) is 8.25. The van der Waals surface area contributed by atoms with E-state index in [2.05, 4.69) is 4.90 Å². The lowest BCUT2D eigenvalue weighted by molar-refractivity contribution is 0.0242. The Bertz CT molecular complexity index is 186. The van der Waals surface area contributed by atoms with E-state index in [-0.39, 0.29) is 0 Å². The fourth-order valence-corrected chi connectivity index (χ4v) is 3.43. The van der Waals surface area contributed by atoms with Crippen LogP contribution in [0, 0.1) is 0 Å². The molecular weight excluding hydrogens is 160 g/mol. The summed E-state index contributed by atoms with van der Waals surface area (Å²) in [6.07, 6.45) is 9.75. The molecule has 0 spiro atoms. The summed E-state index contributed by atoms with van der Waals surface area (Å²) in [4.78, 5) is 2.83. The van der Waals surface area contributed by atoms with Crippen LogP contribution >= 0.6 is 0 Å². The quantitative estimate of drug-likeness (QED) is 0.662. The Labute approximate surface area is 80.5 Å². The van der Waals surface area contributed by atoms with Crippen molar-refractivity contribution in [2.75, 3.05) is 0 Å². The van der Waals surface area contributed by atoms with Gasteiger partial charge < -0.3 is 5.73 Å². The number of nitrogens with zero attached hydrogens (tertiary/aromatic N) is 1. The van der Waals surface area contributed by atoms with Crippen molar-refractivity contribution in [1.82, 2.24) is 4.90 Å². The molecule has 2 N–H and O–H groups in total. The fourth-order valence-electron chi connectivity index (χ4n) is 3.43. The third kappa shape index (κ3) is 1.40. The molecule has 2 atom stereocenters. The number of nitrogens with two attached hydrogens (primary N) is 1. The fraction of sp³-hybridized carbons (Fsp3) is 1.00. The van der Waals surface area contributed by atoms with Gasteiger partial charge in [0.05, 0.1) is 0 Å². The Morgan fingerprint density at radius 2 is 1.46 bits per heavy atom. The van der Waals surface area contributed by atoms with Crippen molar-refractivity contribution in [2.24, 2.45) is 5.73 Å². The van der Waals surface area contributed by atoms with Crippen molar-refractivity contribution in [3.8, 4) is 0 Å². The van der Waals surface area contributed by atoms with Crippen molar-refractivity contribution in [3.63, 3.8) is 0 Å². The van der Waals surface area contributed by atoms with Crippen LogP contribution in [0.2, 0.25) is 0 Å². The number of rotatable bonds is 1. The molecule has 0 radical (unpaired) electrons. The first-order valence-electron chi connectivity index (χ1n) is 5.87. The van der Waals surface area contributed by atoms with Gasteiger partial charge in [-0.15, -0.1) is 0 Å². The number of hydrogen-bond donors (Lipinski definition) is 1. The van der Waals surface area contributed by atoms with Crippen LogP contribution in [-0.2, 0) is 0 Å². The highest BCUT2D eigenvalue weighted by molar-refractivity contribution is 5.00. The molecule has 0 unspecified atom stereocenters. The summed E-state index contributed by atoms with van der Waals surface area (Å²) in [7, 11) is 0. The summed E-state index contributed by atoms with van der Waals surface area (Å²) < 4.78 is 0. The van der Waals surface area contributed by atoms with E-state index in [0.29, 0.717) is 6.04 Å². The molecule has 0 amide bonds. The van der Waals surface area contributed by atoms with Gasteiger partial charge in [0, 0.05) is 24.2 Å². The van der Waals surface area contributed by atoms with Gasteiger partial charge in [-0.3, -0.25) is 4.90 Å². The number of fused-ring (bicyclic) bond motifs is 2. The minimum absolute atomic E-state index is 0.505. The van der Waals surface area contributed by atoms with E-state index < -0.39 is 0 Å². The molecule has 3 rings (SSSR count). The first-order valence-corrected chi connectivity index (χ1v) is 5.87. The van der Waals surface area contributed by atoms with Crippen molar-refractivity contribution in [1.29, 1.82) is 0 Å². The van der Waals surface area contributed by atoms with Crippen LogP contribution in [0.4, 0.5) is 0 Å². The van der Waals surface area contributed by atoms with Crippen molar-refractivity contribution < 1.29 is 0 Å². The van der Waals surface area contributed by atoms with Gasteiger partial charge in [0.1, 0.15) is 0 Å². The van der Waals surface area contributed by atoms with Gasteiger partial charge in [0.15, 0.2) is 0 Å². The van der Waals surface area contributed by atoms with Gasteiger partial charge in [-0.2, -0.15) is 0 Å². The summed E-state index contributed by atoms with van der Waals surface area (Å²) in [6.45, 7) is 0. The molecule has 2 nitrogen and oxygen atoms in total. The lowest BCUT2D eigenvalue weighted by Gasteiger charge is -2.48. The molecule has 0 aromatic carbocycles. The molecular formula is C11H20N2. The lowest BCUT2D eigenvalue weighted by atomic mass is 9.82. The molecule has 0 aromatic heterocycles. The smallest absolute Gasteiger partial charge is 0.0116 e. The summed E-state index contributed by atoms with van der Waals surface area (Å²) >= 11 is 0. The highest BCUT2D eigenvalue weighted by Gasteiger charge is 2.43. The van der Waals surface area contributed by atoms with Crippen LogP contribution in [0.5, 0.6) is 0 Å². The van der Waals surface area contributed by atoms with E-state index in [0.717, 1.165) is 18.1 Å². The Morgan fingerprint density at radius 1 is 0.846 bits per heavy atom. The zero-order valence-electron chi connectivity index (χ0n) is 8.28. The second kappa shape index (κ2) is 2.96. The van der Waals surface area contributed by atoms with Crippen LogP contribution in [0.25, 0.3) is 0 Å². The van der Waals surface area contributed by atoms with Gasteiger partial charge in [0.25, 0.3) is 0 Å². The molecule has 2 bridgehead atoms. The minimum atomic E-state index is 0.505. The molecule has 3 aliphatic rings. The average molecular weight is 180 g/mol. The third-order valence-electron chi connectivity index (χ3n) is 4.04. The molecule has 2 heteroatoms. The molecule has 13 heavy (non-hydrogen) atoms. The maximum Gasteiger partial charge on any atom is 0.0116 e. The Balaban J connectivity index is 1.78. The van der Waals surface area contributed by atoms with Gasteiger partial charge in [0.2, 0.25) is 0 Å². The van der Waals surface area contributed by atoms with E-state index >= 15 is 0 Å². The maximum atomic E-state index is 6.08. The molecule has 3 fully saturated rings. The molecule has 74 valence electrons. The summed E-state index contributed by atoms with van der Waals surface area (Å²) in [5.74, 6) is 0. The van der Waals surface area contributed by atoms with Crippen molar-refractivity contribution in [2.45, 2.75) is 69.1 Å². The first-order chi connectivity index (χ1) is 6.34. The predicted octanol–water partition coefficient (Wildman–Crippen LogP) is 1.49. The van der Waals surface area contributed by atoms with E-state index in [9.17, 15) is 0 Å². The summed E-state index contributed by atoms with van der Waals surface area (Å²) in [5, 5.41) is 0. The Kier molecular flexibility index (Phi) is 1.88. The van der Waals surface area contributed by atoms with Crippen LogP contribution in [0.1, 0.15) is 44.9 Å². The standard InChI is InChI=1S/C11H20N2/c12-8-6-10-2-1-3-11(7-8)13(10)9-4-5-9/h8-11H,1-7,12H2/t10-,11-/m0/s1. The number of hydrogen-bond acceptors (Lipinski definition) is 2. The molecule has 2 heterocycles. The van der Waals surface area contributed by atoms with E-state index in [1.807, 2.05) is 0 Å². The zero-order chi connectivity index (χ0) is 8.84. The second-order valence-electron chi connectivity index (χ2n) is 5.15. The SMILES string of the molecule is NC1C[C@@H]2CCC[C@@H](C1)N2C1CC1. The van der Waals surface area contributed by atoms with Crippen LogP contribution < -0.4 is 5.73 Å². The highest BCUT2D eigenvalue weighted by Crippen LogP contribution is 2.41. The van der Waals surface area contributed by atoms with Gasteiger partial charge >= 0.3 is 0 Å². The molecule has 2 saturated heterocycles. The van der Waals surface area contributed by atoms with E-state index in [4.69, 9.17) is 5.73 Å². The third-order valence-corrected chi connectivity index (χ3v) is 4.04. The lowest BCUT2D eigenvalue weighted by Crippen LogP contribution is -2.56. The summed E-state index contributed by atoms with van der Waals surface area (Å²) in [6, 6.07) is 3.18. The van der Waals surface area contributed by atoms with Crippen LogP contribution in [0.3, 0.4) is 0 Å². The Morgan fingerprint density at radius 3 is 2.00 bits per heavy atom. The minimum Gasteiger partial charge on any atom is -0.328 e. The summed E-state index contributed by atoms with van der Waals surface area (Å²) in [5.41, 5.74) is 6.08. The molecule has 1 saturated carbocycles. The van der Waals surface area contributed by atoms with E-state index in [1.165, 1.54) is 44.9 Å². The maximum absolute atomic E-state index is 6.08. The largest absolute Gasteiger partial charge is 0.328 e. The number of piperidine rings is 2. The normalized spacial score (nSPS) is 46.4. The second-order valence-corrected chi connectivity index (χ2v) is 5.15.